The van der Waals surface area contributed by atoms with E-state index in [2.05, 4.69) is 4.99 Å². The van der Waals surface area contributed by atoms with Crippen molar-refractivity contribution in [2.24, 2.45) is 10.9 Å². The van der Waals surface area contributed by atoms with Gasteiger partial charge in [-0.25, -0.2) is 0 Å². The summed E-state index contributed by atoms with van der Waals surface area (Å²) in [4.78, 5) is 3.98. The van der Waals surface area contributed by atoms with Gasteiger partial charge >= 0.3 is 0 Å². The van der Waals surface area contributed by atoms with Crippen molar-refractivity contribution in [3.05, 3.63) is 0 Å². The topological polar surface area (TPSA) is 36.2 Å². The van der Waals surface area contributed by atoms with Gasteiger partial charge in [-0.15, -0.1) is 0 Å². The van der Waals surface area contributed by atoms with Crippen LogP contribution in [0.1, 0.15) is 20.8 Å². The molecular weight excluding hydrogens is 112 g/mol. The summed E-state index contributed by atoms with van der Waals surface area (Å²) in [6, 6.07) is 0. The fourth-order valence-electron chi connectivity index (χ4n) is 0.859. The lowest BCUT2D eigenvalue weighted by molar-refractivity contribution is 0.890. The van der Waals surface area contributed by atoms with E-state index in [9.17, 15) is 0 Å². The Morgan fingerprint density at radius 3 is 1.89 bits per heavy atom. The van der Waals surface area contributed by atoms with E-state index in [0.29, 0.717) is 11.6 Å². The average molecular weight is 126 g/mol. The minimum absolute atomic E-state index is 0.382. The molecule has 0 aromatic rings. The van der Waals surface area contributed by atoms with E-state index in [0.717, 1.165) is 5.71 Å². The molecular formula is C7H14N2. The standard InChI is InChI=1S/C7H14N2/c1-5(2)7(9-4)6(3)8/h5,8H,1-4H3. The predicted molar refractivity (Wildman–Crippen MR) is 41.6 cm³/mol. The van der Waals surface area contributed by atoms with Crippen molar-refractivity contribution in [2.75, 3.05) is 7.05 Å². The van der Waals surface area contributed by atoms with E-state index in [1.807, 2.05) is 13.8 Å². The Labute approximate surface area is 56.5 Å². The first-order valence-corrected chi connectivity index (χ1v) is 3.11. The van der Waals surface area contributed by atoms with Crippen LogP contribution in [0.25, 0.3) is 0 Å². The minimum Gasteiger partial charge on any atom is -0.304 e. The Hall–Kier alpha value is -0.660. The Morgan fingerprint density at radius 2 is 1.89 bits per heavy atom. The zero-order chi connectivity index (χ0) is 7.44. The molecule has 0 aliphatic rings. The van der Waals surface area contributed by atoms with E-state index < -0.39 is 0 Å². The van der Waals surface area contributed by atoms with Crippen LogP contribution < -0.4 is 0 Å². The Bertz CT molecular complexity index is 134. The number of hydrogen-bond donors (Lipinski definition) is 1. The highest BCUT2D eigenvalue weighted by molar-refractivity contribution is 6.40. The average Bonchev–Trinajstić information content (AvgIpc) is 1.64. The molecule has 0 aliphatic carbocycles. The Balaban J connectivity index is 4.19. The summed E-state index contributed by atoms with van der Waals surface area (Å²) < 4.78 is 0. The molecule has 2 heteroatoms. The third-order valence-electron chi connectivity index (χ3n) is 1.17. The molecule has 1 N–H and O–H groups in total. The largest absolute Gasteiger partial charge is 0.304 e. The van der Waals surface area contributed by atoms with Gasteiger partial charge in [0.25, 0.3) is 0 Å². The van der Waals surface area contributed by atoms with Crippen LogP contribution in [0, 0.1) is 11.3 Å². The minimum atomic E-state index is 0.382. The van der Waals surface area contributed by atoms with Crippen LogP contribution in [-0.2, 0) is 0 Å². The monoisotopic (exact) mass is 126 g/mol. The van der Waals surface area contributed by atoms with Crippen LogP contribution in [0.5, 0.6) is 0 Å². The first kappa shape index (κ1) is 8.34. The highest BCUT2D eigenvalue weighted by atomic mass is 14.7. The van der Waals surface area contributed by atoms with Crippen LogP contribution in [0.2, 0.25) is 0 Å². The molecule has 9 heavy (non-hydrogen) atoms. The second-order valence-electron chi connectivity index (χ2n) is 2.39. The fraction of sp³-hybridized carbons (Fsp3) is 0.714. The molecule has 52 valence electrons. The quantitative estimate of drug-likeness (QED) is 0.547. The van der Waals surface area contributed by atoms with E-state index in [1.165, 1.54) is 0 Å². The number of nitrogens with zero attached hydrogens (tertiary/aromatic N) is 1. The Kier molecular flexibility index (Phi) is 3.13. The van der Waals surface area contributed by atoms with Crippen molar-refractivity contribution in [2.45, 2.75) is 20.8 Å². The molecule has 0 rings (SSSR count). The number of aliphatic imine (C=N–C) groups is 1. The summed E-state index contributed by atoms with van der Waals surface area (Å²) in [7, 11) is 1.73. The van der Waals surface area contributed by atoms with Gasteiger partial charge in [0.05, 0.1) is 5.71 Å². The predicted octanol–water partition coefficient (Wildman–Crippen LogP) is 1.75. The van der Waals surface area contributed by atoms with Crippen LogP contribution in [0.3, 0.4) is 0 Å². The second-order valence-corrected chi connectivity index (χ2v) is 2.39. The molecule has 0 amide bonds. The summed E-state index contributed by atoms with van der Waals surface area (Å²) in [5, 5.41) is 7.25. The van der Waals surface area contributed by atoms with E-state index in [1.54, 1.807) is 14.0 Å². The highest BCUT2D eigenvalue weighted by Crippen LogP contribution is 1.97. The first-order chi connectivity index (χ1) is 4.09. The van der Waals surface area contributed by atoms with Crippen LogP contribution in [0.15, 0.2) is 4.99 Å². The van der Waals surface area contributed by atoms with Gasteiger partial charge in [-0.2, -0.15) is 0 Å². The van der Waals surface area contributed by atoms with Gasteiger partial charge < -0.3 is 5.41 Å². The molecule has 0 aliphatic heterocycles. The van der Waals surface area contributed by atoms with Crippen molar-refractivity contribution >= 4 is 11.4 Å². The summed E-state index contributed by atoms with van der Waals surface area (Å²) in [6.45, 7) is 5.85. The van der Waals surface area contributed by atoms with E-state index in [4.69, 9.17) is 5.41 Å². The van der Waals surface area contributed by atoms with Crippen molar-refractivity contribution in [3.63, 3.8) is 0 Å². The number of rotatable bonds is 2. The van der Waals surface area contributed by atoms with Crippen molar-refractivity contribution in [3.8, 4) is 0 Å². The highest BCUT2D eigenvalue weighted by Gasteiger charge is 2.04. The summed E-state index contributed by atoms with van der Waals surface area (Å²) in [5.41, 5.74) is 1.47. The lowest BCUT2D eigenvalue weighted by Gasteiger charge is -2.05. The third kappa shape index (κ3) is 2.40. The smallest absolute Gasteiger partial charge is 0.0574 e. The van der Waals surface area contributed by atoms with Crippen molar-refractivity contribution in [1.29, 1.82) is 5.41 Å². The lowest BCUT2D eigenvalue weighted by Crippen LogP contribution is -2.15. The molecule has 0 radical (unpaired) electrons. The third-order valence-corrected chi connectivity index (χ3v) is 1.17. The van der Waals surface area contributed by atoms with Gasteiger partial charge in [0, 0.05) is 12.8 Å². The molecule has 0 atom stereocenters. The van der Waals surface area contributed by atoms with Gasteiger partial charge in [-0.05, 0) is 12.8 Å². The molecule has 0 heterocycles. The lowest BCUT2D eigenvalue weighted by atomic mass is 10.1. The molecule has 0 bridgehead atoms. The van der Waals surface area contributed by atoms with Gasteiger partial charge in [-0.1, -0.05) is 13.8 Å². The zero-order valence-electron chi connectivity index (χ0n) is 6.52. The molecule has 0 fully saturated rings. The zero-order valence-corrected chi connectivity index (χ0v) is 6.52. The molecule has 0 saturated carbocycles. The van der Waals surface area contributed by atoms with Gasteiger partial charge in [0.2, 0.25) is 0 Å². The molecule has 0 saturated heterocycles. The van der Waals surface area contributed by atoms with Crippen LogP contribution in [0.4, 0.5) is 0 Å². The maximum Gasteiger partial charge on any atom is 0.0574 e. The van der Waals surface area contributed by atoms with E-state index >= 15 is 0 Å². The molecule has 0 aromatic heterocycles. The molecule has 0 unspecified atom stereocenters. The number of hydrogen-bond acceptors (Lipinski definition) is 2. The molecule has 0 aromatic carbocycles. The SMILES string of the molecule is CN=C(C(C)=N)C(C)C. The van der Waals surface area contributed by atoms with Gasteiger partial charge in [0.1, 0.15) is 0 Å². The van der Waals surface area contributed by atoms with Crippen LogP contribution in [-0.4, -0.2) is 18.5 Å². The molecule has 2 nitrogen and oxygen atoms in total. The van der Waals surface area contributed by atoms with Gasteiger partial charge in [0.15, 0.2) is 0 Å². The van der Waals surface area contributed by atoms with E-state index in [-0.39, 0.29) is 0 Å². The second kappa shape index (κ2) is 3.38. The molecule has 0 spiro atoms. The fourth-order valence-corrected chi connectivity index (χ4v) is 0.859. The van der Waals surface area contributed by atoms with Gasteiger partial charge in [-0.3, -0.25) is 4.99 Å². The summed E-state index contributed by atoms with van der Waals surface area (Å²) in [6.07, 6.45) is 0. The van der Waals surface area contributed by atoms with Crippen LogP contribution >= 0.6 is 0 Å². The van der Waals surface area contributed by atoms with Crippen molar-refractivity contribution < 1.29 is 0 Å². The maximum absolute atomic E-state index is 7.25. The van der Waals surface area contributed by atoms with Crippen molar-refractivity contribution in [1.82, 2.24) is 0 Å². The maximum atomic E-state index is 7.25. The summed E-state index contributed by atoms with van der Waals surface area (Å²) >= 11 is 0. The summed E-state index contributed by atoms with van der Waals surface area (Å²) in [5.74, 6) is 0.382. The number of nitrogens with one attached hydrogen (secondary N) is 1. The first-order valence-electron chi connectivity index (χ1n) is 3.11. The Morgan fingerprint density at radius 1 is 1.44 bits per heavy atom. The normalized spacial score (nSPS) is 12.3.